The van der Waals surface area contributed by atoms with Gasteiger partial charge in [0.15, 0.2) is 5.00 Å². The molecule has 3 N–H and O–H groups in total. The van der Waals surface area contributed by atoms with Crippen molar-refractivity contribution in [2.24, 2.45) is 10.2 Å². The molecular formula is C18H16N4O4S. The molecule has 3 rings (SSSR count). The maximum Gasteiger partial charge on any atom is 0.337 e. The van der Waals surface area contributed by atoms with Crippen molar-refractivity contribution in [1.29, 1.82) is 0 Å². The van der Waals surface area contributed by atoms with Gasteiger partial charge in [-0.1, -0.05) is 23.5 Å². The number of nitrogens with one attached hydrogen (secondary N) is 2. The van der Waals surface area contributed by atoms with E-state index in [9.17, 15) is 14.7 Å². The van der Waals surface area contributed by atoms with Crippen molar-refractivity contribution in [1.82, 2.24) is 4.98 Å². The zero-order chi connectivity index (χ0) is 19.2. The van der Waals surface area contributed by atoms with Crippen molar-refractivity contribution in [3.63, 3.8) is 0 Å². The molecule has 0 aliphatic heterocycles. The lowest BCUT2D eigenvalue weighted by Crippen LogP contribution is -1.97. The van der Waals surface area contributed by atoms with E-state index in [1.54, 1.807) is 30.3 Å². The largest absolute Gasteiger partial charge is 0.494 e. The monoisotopic (exact) mass is 384 g/mol. The van der Waals surface area contributed by atoms with E-state index >= 15 is 0 Å². The standard InChI is InChI=1S/C18H16N4O4S/c1-2-26-12-9-7-11(8-10-12)19-15-16(27-18(25)20-15)22-21-14-6-4-3-5-13(14)17(23)24/h3-10,19H,2H2,1H3,(H,20,25)(H,23,24). The SMILES string of the molecule is CCOc1ccc(Nc2[nH]c(=O)sc2N=Nc2ccccc2C(=O)O)cc1. The van der Waals surface area contributed by atoms with Crippen LogP contribution >= 0.6 is 11.3 Å². The van der Waals surface area contributed by atoms with E-state index in [2.05, 4.69) is 20.5 Å². The Labute approximate surface area is 158 Å². The lowest BCUT2D eigenvalue weighted by Gasteiger charge is -2.06. The van der Waals surface area contributed by atoms with Gasteiger partial charge in [0, 0.05) is 5.69 Å². The molecule has 1 aromatic heterocycles. The average Bonchev–Trinajstić information content (AvgIpc) is 3.01. The predicted molar refractivity (Wildman–Crippen MR) is 103 cm³/mol. The summed E-state index contributed by atoms with van der Waals surface area (Å²) in [6.07, 6.45) is 0. The van der Waals surface area contributed by atoms with Crippen molar-refractivity contribution in [2.75, 3.05) is 11.9 Å². The van der Waals surface area contributed by atoms with E-state index in [1.807, 2.05) is 19.1 Å². The van der Waals surface area contributed by atoms with Crippen LogP contribution in [0, 0.1) is 0 Å². The van der Waals surface area contributed by atoms with E-state index in [1.165, 1.54) is 6.07 Å². The molecule has 0 atom stereocenters. The van der Waals surface area contributed by atoms with Gasteiger partial charge >= 0.3 is 10.8 Å². The van der Waals surface area contributed by atoms with Gasteiger partial charge < -0.3 is 15.2 Å². The maximum atomic E-state index is 11.7. The van der Waals surface area contributed by atoms with Crippen molar-refractivity contribution < 1.29 is 14.6 Å². The first-order valence-electron chi connectivity index (χ1n) is 8.04. The lowest BCUT2D eigenvalue weighted by molar-refractivity contribution is 0.0697. The Hall–Kier alpha value is -3.46. The van der Waals surface area contributed by atoms with Crippen LogP contribution in [-0.4, -0.2) is 22.7 Å². The number of H-pyrrole nitrogens is 1. The number of aromatic nitrogens is 1. The second-order valence-electron chi connectivity index (χ2n) is 5.30. The maximum absolute atomic E-state index is 11.7. The molecule has 0 saturated carbocycles. The van der Waals surface area contributed by atoms with Crippen LogP contribution < -0.4 is 14.9 Å². The fraction of sp³-hybridized carbons (Fsp3) is 0.111. The van der Waals surface area contributed by atoms with E-state index in [0.29, 0.717) is 17.4 Å². The number of rotatable bonds is 7. The molecule has 8 nitrogen and oxygen atoms in total. The first-order chi connectivity index (χ1) is 13.1. The number of ether oxygens (including phenoxy) is 1. The van der Waals surface area contributed by atoms with Crippen LogP contribution in [0.5, 0.6) is 5.75 Å². The number of aromatic carboxylic acids is 1. The summed E-state index contributed by atoms with van der Waals surface area (Å²) in [5, 5.41) is 20.6. The molecule has 0 unspecified atom stereocenters. The van der Waals surface area contributed by atoms with Crippen molar-refractivity contribution >= 4 is 39.5 Å². The van der Waals surface area contributed by atoms with Gasteiger partial charge in [0.25, 0.3) is 0 Å². The van der Waals surface area contributed by atoms with Crippen LogP contribution in [0.25, 0.3) is 0 Å². The second-order valence-corrected chi connectivity index (χ2v) is 6.26. The fourth-order valence-electron chi connectivity index (χ4n) is 2.26. The van der Waals surface area contributed by atoms with Crippen LogP contribution in [0.1, 0.15) is 17.3 Å². The normalized spacial score (nSPS) is 10.9. The number of thiazole rings is 1. The molecule has 27 heavy (non-hydrogen) atoms. The average molecular weight is 384 g/mol. The number of carbonyl (C=O) groups is 1. The molecule has 0 aliphatic carbocycles. The van der Waals surface area contributed by atoms with Crippen LogP contribution in [0.2, 0.25) is 0 Å². The third kappa shape index (κ3) is 4.59. The molecule has 0 bridgehead atoms. The van der Waals surface area contributed by atoms with E-state index < -0.39 is 5.97 Å². The summed E-state index contributed by atoms with van der Waals surface area (Å²) < 4.78 is 5.39. The number of anilines is 2. The minimum absolute atomic E-state index is 0.0326. The van der Waals surface area contributed by atoms with Crippen LogP contribution in [-0.2, 0) is 0 Å². The Kier molecular flexibility index (Phi) is 5.62. The molecule has 0 spiro atoms. The zero-order valence-electron chi connectivity index (χ0n) is 14.3. The number of carboxylic acids is 1. The molecule has 3 aromatic rings. The summed E-state index contributed by atoms with van der Waals surface area (Å²) in [4.78, 5) is 25.3. The highest BCUT2D eigenvalue weighted by molar-refractivity contribution is 7.13. The quantitative estimate of drug-likeness (QED) is 0.511. The molecule has 9 heteroatoms. The Morgan fingerprint density at radius 1 is 1.19 bits per heavy atom. The number of benzene rings is 2. The molecule has 0 aliphatic rings. The van der Waals surface area contributed by atoms with E-state index in [-0.39, 0.29) is 16.1 Å². The van der Waals surface area contributed by atoms with Gasteiger partial charge in [-0.15, -0.1) is 10.2 Å². The Morgan fingerprint density at radius 2 is 1.93 bits per heavy atom. The van der Waals surface area contributed by atoms with Crippen molar-refractivity contribution in [2.45, 2.75) is 6.92 Å². The van der Waals surface area contributed by atoms with Gasteiger partial charge in [-0.2, -0.15) is 0 Å². The topological polar surface area (TPSA) is 116 Å². The van der Waals surface area contributed by atoms with Gasteiger partial charge in [0.1, 0.15) is 17.3 Å². The minimum Gasteiger partial charge on any atom is -0.494 e. The number of nitrogens with zero attached hydrogens (tertiary/aromatic N) is 2. The van der Waals surface area contributed by atoms with Gasteiger partial charge in [-0.25, -0.2) is 4.79 Å². The Balaban J connectivity index is 1.84. The molecule has 138 valence electrons. The third-order valence-electron chi connectivity index (χ3n) is 3.45. The molecule has 2 aromatic carbocycles. The van der Waals surface area contributed by atoms with Gasteiger partial charge in [0.05, 0.1) is 12.2 Å². The highest BCUT2D eigenvalue weighted by atomic mass is 32.1. The van der Waals surface area contributed by atoms with Crippen LogP contribution in [0.3, 0.4) is 0 Å². The Morgan fingerprint density at radius 3 is 2.63 bits per heavy atom. The smallest absolute Gasteiger partial charge is 0.337 e. The summed E-state index contributed by atoms with van der Waals surface area (Å²) in [5.41, 5.74) is 0.970. The summed E-state index contributed by atoms with van der Waals surface area (Å²) in [5.74, 6) is 0.0253. The molecule has 0 amide bonds. The molecular weight excluding hydrogens is 368 g/mol. The van der Waals surface area contributed by atoms with Crippen LogP contribution in [0.4, 0.5) is 22.2 Å². The second kappa shape index (κ2) is 8.28. The van der Waals surface area contributed by atoms with E-state index in [4.69, 9.17) is 4.74 Å². The lowest BCUT2D eigenvalue weighted by atomic mass is 10.2. The molecule has 0 radical (unpaired) electrons. The Bertz CT molecular complexity index is 1020. The summed E-state index contributed by atoms with van der Waals surface area (Å²) in [6.45, 7) is 2.48. The van der Waals surface area contributed by atoms with Gasteiger partial charge in [0.2, 0.25) is 0 Å². The number of hydrogen-bond donors (Lipinski definition) is 3. The first kappa shape index (κ1) is 18.3. The predicted octanol–water partition coefficient (Wildman–Crippen LogP) is 4.69. The van der Waals surface area contributed by atoms with Crippen molar-refractivity contribution in [3.05, 3.63) is 63.8 Å². The first-order valence-corrected chi connectivity index (χ1v) is 8.85. The summed E-state index contributed by atoms with van der Waals surface area (Å²) >= 11 is 0.872. The summed E-state index contributed by atoms with van der Waals surface area (Å²) in [7, 11) is 0. The number of hydrogen-bond acceptors (Lipinski definition) is 7. The minimum atomic E-state index is -1.10. The zero-order valence-corrected chi connectivity index (χ0v) is 15.1. The van der Waals surface area contributed by atoms with Gasteiger partial charge in [-0.05, 0) is 43.3 Å². The summed E-state index contributed by atoms with van der Waals surface area (Å²) in [6, 6.07) is 13.5. The highest BCUT2D eigenvalue weighted by Crippen LogP contribution is 2.31. The molecule has 0 fully saturated rings. The van der Waals surface area contributed by atoms with Crippen molar-refractivity contribution in [3.8, 4) is 5.75 Å². The molecule has 0 saturated heterocycles. The van der Waals surface area contributed by atoms with Gasteiger partial charge in [-0.3, -0.25) is 9.78 Å². The number of aromatic amines is 1. The number of azo groups is 1. The third-order valence-corrected chi connectivity index (χ3v) is 4.21. The highest BCUT2D eigenvalue weighted by Gasteiger charge is 2.11. The fourth-order valence-corrected chi connectivity index (χ4v) is 2.88. The van der Waals surface area contributed by atoms with Crippen LogP contribution in [0.15, 0.2) is 63.6 Å². The van der Waals surface area contributed by atoms with E-state index in [0.717, 1.165) is 22.8 Å². The molecule has 1 heterocycles. The number of carboxylic acid groups (broad SMARTS) is 1.